The SMILES string of the molecule is NNC(Cc1ccc(Cl)cc1F)c1cc(Br)ccc1Br. The van der Waals surface area contributed by atoms with Crippen molar-refractivity contribution in [3.63, 3.8) is 0 Å². The summed E-state index contributed by atoms with van der Waals surface area (Å²) >= 11 is 12.7. The fraction of sp³-hybridized carbons (Fsp3) is 0.143. The van der Waals surface area contributed by atoms with Crippen LogP contribution in [-0.4, -0.2) is 0 Å². The van der Waals surface area contributed by atoms with Crippen molar-refractivity contribution in [2.75, 3.05) is 0 Å². The highest BCUT2D eigenvalue weighted by Crippen LogP contribution is 2.29. The van der Waals surface area contributed by atoms with Crippen molar-refractivity contribution in [1.29, 1.82) is 0 Å². The molecule has 0 aliphatic rings. The van der Waals surface area contributed by atoms with Crippen molar-refractivity contribution >= 4 is 43.5 Å². The van der Waals surface area contributed by atoms with E-state index in [0.29, 0.717) is 17.0 Å². The predicted molar refractivity (Wildman–Crippen MR) is 87.0 cm³/mol. The molecule has 0 radical (unpaired) electrons. The third-order valence-electron chi connectivity index (χ3n) is 2.97. The molecule has 0 spiro atoms. The van der Waals surface area contributed by atoms with Gasteiger partial charge in [-0.3, -0.25) is 11.3 Å². The molecule has 0 fully saturated rings. The summed E-state index contributed by atoms with van der Waals surface area (Å²) in [4.78, 5) is 0. The first kappa shape index (κ1) is 15.9. The lowest BCUT2D eigenvalue weighted by molar-refractivity contribution is 0.527. The van der Waals surface area contributed by atoms with Crippen molar-refractivity contribution in [3.05, 3.63) is 67.3 Å². The molecule has 106 valence electrons. The summed E-state index contributed by atoms with van der Waals surface area (Å²) in [5.41, 5.74) is 4.24. The van der Waals surface area contributed by atoms with Crippen LogP contribution in [0.4, 0.5) is 4.39 Å². The second kappa shape index (κ2) is 7.00. The molecule has 0 saturated carbocycles. The Labute approximate surface area is 138 Å². The van der Waals surface area contributed by atoms with Gasteiger partial charge in [0.1, 0.15) is 5.82 Å². The molecule has 2 rings (SSSR count). The number of rotatable bonds is 4. The van der Waals surface area contributed by atoms with Gasteiger partial charge in [-0.05, 0) is 47.9 Å². The number of halogens is 4. The number of hydrazine groups is 1. The van der Waals surface area contributed by atoms with Crippen LogP contribution in [0.15, 0.2) is 45.3 Å². The van der Waals surface area contributed by atoms with Crippen LogP contribution in [0.2, 0.25) is 5.02 Å². The van der Waals surface area contributed by atoms with Crippen molar-refractivity contribution < 1.29 is 4.39 Å². The maximum atomic E-state index is 13.9. The summed E-state index contributed by atoms with van der Waals surface area (Å²) in [5.74, 6) is 5.29. The van der Waals surface area contributed by atoms with Crippen LogP contribution in [0.5, 0.6) is 0 Å². The Hall–Kier alpha value is -0.460. The van der Waals surface area contributed by atoms with Gasteiger partial charge in [-0.1, -0.05) is 49.5 Å². The lowest BCUT2D eigenvalue weighted by atomic mass is 9.99. The Morgan fingerprint density at radius 1 is 1.20 bits per heavy atom. The third kappa shape index (κ3) is 3.80. The molecule has 0 aliphatic heterocycles. The van der Waals surface area contributed by atoms with Gasteiger partial charge in [0, 0.05) is 14.0 Å². The van der Waals surface area contributed by atoms with Gasteiger partial charge in [0.15, 0.2) is 0 Å². The summed E-state index contributed by atoms with van der Waals surface area (Å²) in [6, 6.07) is 10.2. The van der Waals surface area contributed by atoms with E-state index in [9.17, 15) is 4.39 Å². The van der Waals surface area contributed by atoms with Crippen LogP contribution in [0.25, 0.3) is 0 Å². The Morgan fingerprint density at radius 2 is 1.95 bits per heavy atom. The molecule has 1 unspecified atom stereocenters. The molecule has 0 aliphatic carbocycles. The summed E-state index contributed by atoms with van der Waals surface area (Å²) < 4.78 is 15.7. The van der Waals surface area contributed by atoms with E-state index >= 15 is 0 Å². The fourth-order valence-electron chi connectivity index (χ4n) is 1.95. The molecule has 2 nitrogen and oxygen atoms in total. The molecule has 20 heavy (non-hydrogen) atoms. The van der Waals surface area contributed by atoms with Gasteiger partial charge in [0.05, 0.1) is 6.04 Å². The van der Waals surface area contributed by atoms with Gasteiger partial charge in [0.25, 0.3) is 0 Å². The number of hydrogen-bond acceptors (Lipinski definition) is 2. The molecule has 3 N–H and O–H groups in total. The van der Waals surface area contributed by atoms with Crippen molar-refractivity contribution in [3.8, 4) is 0 Å². The van der Waals surface area contributed by atoms with Gasteiger partial charge in [-0.25, -0.2) is 4.39 Å². The topological polar surface area (TPSA) is 38.0 Å². The molecule has 2 aromatic carbocycles. The third-order valence-corrected chi connectivity index (χ3v) is 4.42. The minimum absolute atomic E-state index is 0.211. The van der Waals surface area contributed by atoms with Crippen LogP contribution in [0, 0.1) is 5.82 Å². The summed E-state index contributed by atoms with van der Waals surface area (Å²) in [6.07, 6.45) is 0.425. The number of nitrogens with one attached hydrogen (secondary N) is 1. The summed E-state index contributed by atoms with van der Waals surface area (Å²) in [7, 11) is 0. The average molecular weight is 423 g/mol. The molecule has 0 bridgehead atoms. The lowest BCUT2D eigenvalue weighted by Crippen LogP contribution is -2.30. The van der Waals surface area contributed by atoms with Gasteiger partial charge in [-0.15, -0.1) is 0 Å². The van der Waals surface area contributed by atoms with Gasteiger partial charge < -0.3 is 0 Å². The Morgan fingerprint density at radius 3 is 2.60 bits per heavy atom. The first-order chi connectivity index (χ1) is 9.51. The van der Waals surface area contributed by atoms with E-state index in [4.69, 9.17) is 17.4 Å². The first-order valence-electron chi connectivity index (χ1n) is 5.86. The highest BCUT2D eigenvalue weighted by Gasteiger charge is 2.16. The van der Waals surface area contributed by atoms with Crippen LogP contribution in [-0.2, 0) is 6.42 Å². The molecule has 6 heteroatoms. The second-order valence-corrected chi connectivity index (χ2v) is 6.53. The van der Waals surface area contributed by atoms with Gasteiger partial charge in [-0.2, -0.15) is 0 Å². The van der Waals surface area contributed by atoms with E-state index in [1.165, 1.54) is 6.07 Å². The zero-order chi connectivity index (χ0) is 14.7. The molecule has 0 amide bonds. The highest BCUT2D eigenvalue weighted by molar-refractivity contribution is 9.11. The quantitative estimate of drug-likeness (QED) is 0.551. The van der Waals surface area contributed by atoms with E-state index < -0.39 is 0 Å². The Bertz CT molecular complexity index is 622. The van der Waals surface area contributed by atoms with Crippen LogP contribution < -0.4 is 11.3 Å². The van der Waals surface area contributed by atoms with E-state index in [1.807, 2.05) is 18.2 Å². The number of hydrogen-bond donors (Lipinski definition) is 2. The fourth-order valence-corrected chi connectivity index (χ4v) is 3.01. The maximum absolute atomic E-state index is 13.9. The predicted octanol–water partition coefficient (Wildman–Crippen LogP) is 4.75. The normalized spacial score (nSPS) is 12.4. The second-order valence-electron chi connectivity index (χ2n) is 4.32. The van der Waals surface area contributed by atoms with Crippen molar-refractivity contribution in [1.82, 2.24) is 5.43 Å². The zero-order valence-electron chi connectivity index (χ0n) is 10.3. The Balaban J connectivity index is 2.31. The minimum Gasteiger partial charge on any atom is -0.271 e. The molecule has 2 aromatic rings. The maximum Gasteiger partial charge on any atom is 0.127 e. The first-order valence-corrected chi connectivity index (χ1v) is 7.82. The van der Waals surface area contributed by atoms with E-state index in [2.05, 4.69) is 37.3 Å². The largest absolute Gasteiger partial charge is 0.271 e. The van der Waals surface area contributed by atoms with Gasteiger partial charge in [0.2, 0.25) is 0 Å². The number of nitrogens with two attached hydrogens (primary N) is 1. The zero-order valence-corrected chi connectivity index (χ0v) is 14.3. The lowest BCUT2D eigenvalue weighted by Gasteiger charge is -2.18. The molecule has 0 saturated heterocycles. The van der Waals surface area contributed by atoms with Crippen molar-refractivity contribution in [2.45, 2.75) is 12.5 Å². The summed E-state index contributed by atoms with van der Waals surface area (Å²) in [6.45, 7) is 0. The molecular formula is C14H12Br2ClFN2. The molecule has 0 heterocycles. The minimum atomic E-state index is -0.330. The Kier molecular flexibility index (Phi) is 5.57. The van der Waals surface area contributed by atoms with Crippen molar-refractivity contribution in [2.24, 2.45) is 5.84 Å². The van der Waals surface area contributed by atoms with E-state index in [0.717, 1.165) is 14.5 Å². The van der Waals surface area contributed by atoms with E-state index in [1.54, 1.807) is 12.1 Å². The molecular weight excluding hydrogens is 410 g/mol. The summed E-state index contributed by atoms with van der Waals surface area (Å²) in [5, 5.41) is 0.382. The van der Waals surface area contributed by atoms with Gasteiger partial charge >= 0.3 is 0 Å². The monoisotopic (exact) mass is 420 g/mol. The van der Waals surface area contributed by atoms with Crippen LogP contribution in [0.3, 0.4) is 0 Å². The molecule has 0 aromatic heterocycles. The smallest absolute Gasteiger partial charge is 0.127 e. The highest BCUT2D eigenvalue weighted by atomic mass is 79.9. The average Bonchev–Trinajstić information content (AvgIpc) is 2.41. The molecule has 1 atom stereocenters. The van der Waals surface area contributed by atoms with Crippen LogP contribution in [0.1, 0.15) is 17.2 Å². The van der Waals surface area contributed by atoms with E-state index in [-0.39, 0.29) is 11.9 Å². The van der Waals surface area contributed by atoms with Crippen LogP contribution >= 0.6 is 43.5 Å². The number of benzene rings is 2. The standard InChI is InChI=1S/C14H12Br2ClFN2/c15-9-2-4-12(16)11(6-9)14(20-19)5-8-1-3-10(17)7-13(8)18/h1-4,6-7,14,20H,5,19H2.